The molecule has 4 rings (SSSR count). The SMILES string of the molecule is O=C(Cn1cnc2c(sc3ncccc32)c1=O)NCCC1=CCCCC1. The first-order chi connectivity index (χ1) is 12.7. The fourth-order valence-corrected chi connectivity index (χ4v) is 4.37. The maximum atomic E-state index is 12.7. The van der Waals surface area contributed by atoms with Crippen LogP contribution in [0.15, 0.2) is 41.1 Å². The average molecular weight is 368 g/mol. The molecule has 1 aliphatic rings. The van der Waals surface area contributed by atoms with E-state index >= 15 is 0 Å². The monoisotopic (exact) mass is 368 g/mol. The van der Waals surface area contributed by atoms with Gasteiger partial charge in [-0.3, -0.25) is 14.2 Å². The molecule has 0 aliphatic heterocycles. The molecule has 0 spiro atoms. The third-order valence-electron chi connectivity index (χ3n) is 4.69. The Morgan fingerprint density at radius 2 is 2.23 bits per heavy atom. The number of pyridine rings is 1. The summed E-state index contributed by atoms with van der Waals surface area (Å²) in [6.07, 6.45) is 11.1. The Labute approximate surface area is 154 Å². The van der Waals surface area contributed by atoms with Gasteiger partial charge in [-0.1, -0.05) is 11.6 Å². The largest absolute Gasteiger partial charge is 0.354 e. The minimum atomic E-state index is -0.192. The highest BCUT2D eigenvalue weighted by Gasteiger charge is 2.13. The Hall–Kier alpha value is -2.54. The molecule has 1 amide bonds. The van der Waals surface area contributed by atoms with E-state index in [-0.39, 0.29) is 18.0 Å². The van der Waals surface area contributed by atoms with Crippen LogP contribution in [-0.2, 0) is 11.3 Å². The van der Waals surface area contributed by atoms with Crippen molar-refractivity contribution in [2.75, 3.05) is 6.54 Å². The van der Waals surface area contributed by atoms with Gasteiger partial charge in [0.1, 0.15) is 16.1 Å². The molecule has 7 heteroatoms. The van der Waals surface area contributed by atoms with Gasteiger partial charge in [0.05, 0.1) is 11.8 Å². The predicted octanol–water partition coefficient (Wildman–Crippen LogP) is 3.01. The third kappa shape index (κ3) is 3.39. The Morgan fingerprint density at radius 3 is 3.08 bits per heavy atom. The fraction of sp³-hybridized carbons (Fsp3) is 0.368. The molecule has 6 nitrogen and oxygen atoms in total. The van der Waals surface area contributed by atoms with E-state index in [1.54, 1.807) is 6.20 Å². The maximum absolute atomic E-state index is 12.7. The van der Waals surface area contributed by atoms with E-state index in [9.17, 15) is 9.59 Å². The molecule has 134 valence electrons. The van der Waals surface area contributed by atoms with Crippen molar-refractivity contribution < 1.29 is 4.79 Å². The van der Waals surface area contributed by atoms with Gasteiger partial charge in [0.25, 0.3) is 5.56 Å². The highest BCUT2D eigenvalue weighted by Crippen LogP contribution is 2.27. The summed E-state index contributed by atoms with van der Waals surface area (Å²) in [6.45, 7) is 0.602. The first-order valence-corrected chi connectivity index (χ1v) is 9.71. The van der Waals surface area contributed by atoms with E-state index in [1.165, 1.54) is 40.6 Å². The van der Waals surface area contributed by atoms with Crippen LogP contribution in [0.4, 0.5) is 0 Å². The molecule has 0 aromatic carbocycles. The van der Waals surface area contributed by atoms with Gasteiger partial charge in [0, 0.05) is 18.1 Å². The standard InChI is InChI=1S/C19H20N4O2S/c24-15(20-10-8-13-5-2-1-3-6-13)11-23-12-22-16-14-7-4-9-21-18(14)26-17(16)19(23)25/h4-5,7,9,12H,1-3,6,8,10-11H2,(H,20,24). The van der Waals surface area contributed by atoms with E-state index in [1.807, 2.05) is 12.1 Å². The van der Waals surface area contributed by atoms with Gasteiger partial charge in [-0.2, -0.15) is 0 Å². The van der Waals surface area contributed by atoms with Gasteiger partial charge < -0.3 is 5.32 Å². The molecule has 0 bridgehead atoms. The summed E-state index contributed by atoms with van der Waals surface area (Å²) in [7, 11) is 0. The van der Waals surface area contributed by atoms with Gasteiger partial charge in [-0.05, 0) is 44.2 Å². The number of thiophene rings is 1. The number of hydrogen-bond donors (Lipinski definition) is 1. The van der Waals surface area contributed by atoms with Crippen LogP contribution >= 0.6 is 11.3 Å². The number of fused-ring (bicyclic) bond motifs is 3. The van der Waals surface area contributed by atoms with Crippen molar-refractivity contribution in [1.82, 2.24) is 19.9 Å². The normalized spacial score (nSPS) is 14.5. The number of rotatable bonds is 5. The smallest absolute Gasteiger partial charge is 0.271 e. The van der Waals surface area contributed by atoms with E-state index in [4.69, 9.17) is 0 Å². The average Bonchev–Trinajstić information content (AvgIpc) is 3.04. The molecule has 0 atom stereocenters. The minimum absolute atomic E-state index is 0.0114. The molecule has 3 aromatic heterocycles. The van der Waals surface area contributed by atoms with Crippen LogP contribution < -0.4 is 10.9 Å². The fourth-order valence-electron chi connectivity index (χ4n) is 3.32. The van der Waals surface area contributed by atoms with E-state index in [0.717, 1.165) is 29.5 Å². The first kappa shape index (κ1) is 16.9. The molecular formula is C19H20N4O2S. The van der Waals surface area contributed by atoms with Gasteiger partial charge in [0.15, 0.2) is 0 Å². The maximum Gasteiger partial charge on any atom is 0.271 e. The molecule has 0 saturated carbocycles. The number of nitrogens with one attached hydrogen (secondary N) is 1. The van der Waals surface area contributed by atoms with Gasteiger partial charge in [-0.15, -0.1) is 11.3 Å². The van der Waals surface area contributed by atoms with Gasteiger partial charge >= 0.3 is 0 Å². The summed E-state index contributed by atoms with van der Waals surface area (Å²) in [5.74, 6) is -0.163. The van der Waals surface area contributed by atoms with Crippen molar-refractivity contribution in [2.24, 2.45) is 0 Å². The lowest BCUT2D eigenvalue weighted by Crippen LogP contribution is -2.32. The molecule has 0 radical (unpaired) electrons. The minimum Gasteiger partial charge on any atom is -0.354 e. The molecule has 26 heavy (non-hydrogen) atoms. The summed E-state index contributed by atoms with van der Waals surface area (Å²) in [6, 6.07) is 3.74. The number of allylic oxidation sites excluding steroid dienone is 1. The van der Waals surface area contributed by atoms with Crippen LogP contribution in [0.3, 0.4) is 0 Å². The zero-order valence-corrected chi connectivity index (χ0v) is 15.2. The summed E-state index contributed by atoms with van der Waals surface area (Å²) in [5, 5.41) is 3.78. The second kappa shape index (κ2) is 7.37. The molecule has 0 unspecified atom stereocenters. The van der Waals surface area contributed by atoms with Crippen LogP contribution in [0.2, 0.25) is 0 Å². The van der Waals surface area contributed by atoms with E-state index in [0.29, 0.717) is 16.8 Å². The van der Waals surface area contributed by atoms with Crippen molar-refractivity contribution in [3.8, 4) is 0 Å². The Bertz CT molecular complexity index is 1050. The van der Waals surface area contributed by atoms with Crippen LogP contribution in [0.5, 0.6) is 0 Å². The number of nitrogens with zero attached hydrogens (tertiary/aromatic N) is 3. The van der Waals surface area contributed by atoms with Crippen LogP contribution in [0, 0.1) is 0 Å². The molecule has 0 saturated heterocycles. The predicted molar refractivity (Wildman–Crippen MR) is 103 cm³/mol. The number of aromatic nitrogens is 3. The van der Waals surface area contributed by atoms with Crippen LogP contribution in [0.1, 0.15) is 32.1 Å². The lowest BCUT2D eigenvalue weighted by atomic mass is 9.97. The Kier molecular flexibility index (Phi) is 4.79. The zero-order valence-electron chi connectivity index (χ0n) is 14.4. The highest BCUT2D eigenvalue weighted by atomic mass is 32.1. The highest BCUT2D eigenvalue weighted by molar-refractivity contribution is 7.25. The van der Waals surface area contributed by atoms with Gasteiger partial charge in [-0.25, -0.2) is 9.97 Å². The van der Waals surface area contributed by atoms with Crippen molar-refractivity contribution >= 4 is 37.7 Å². The molecule has 1 N–H and O–H groups in total. The lowest BCUT2D eigenvalue weighted by Gasteiger charge is -2.13. The summed E-state index contributed by atoms with van der Waals surface area (Å²) < 4.78 is 1.91. The number of amides is 1. The first-order valence-electron chi connectivity index (χ1n) is 8.89. The van der Waals surface area contributed by atoms with Crippen LogP contribution in [0.25, 0.3) is 20.4 Å². The number of carbonyl (C=O) groups excluding carboxylic acids is 1. The van der Waals surface area contributed by atoms with E-state index in [2.05, 4.69) is 21.4 Å². The van der Waals surface area contributed by atoms with Crippen molar-refractivity contribution in [3.05, 3.63) is 46.7 Å². The molecule has 3 aromatic rings. The molecular weight excluding hydrogens is 348 g/mol. The van der Waals surface area contributed by atoms with Gasteiger partial charge in [0.2, 0.25) is 5.91 Å². The van der Waals surface area contributed by atoms with Crippen LogP contribution in [-0.4, -0.2) is 27.0 Å². The second-order valence-electron chi connectivity index (χ2n) is 6.52. The lowest BCUT2D eigenvalue weighted by molar-refractivity contribution is -0.121. The summed E-state index contributed by atoms with van der Waals surface area (Å²) in [4.78, 5) is 34.3. The van der Waals surface area contributed by atoms with E-state index < -0.39 is 0 Å². The van der Waals surface area contributed by atoms with Crippen molar-refractivity contribution in [2.45, 2.75) is 38.6 Å². The molecule has 1 aliphatic carbocycles. The number of hydrogen-bond acceptors (Lipinski definition) is 5. The summed E-state index contributed by atoms with van der Waals surface area (Å²) >= 11 is 1.32. The summed E-state index contributed by atoms with van der Waals surface area (Å²) in [5.41, 5.74) is 1.89. The zero-order chi connectivity index (χ0) is 17.9. The molecule has 0 fully saturated rings. The van der Waals surface area contributed by atoms with Crippen molar-refractivity contribution in [1.29, 1.82) is 0 Å². The topological polar surface area (TPSA) is 76.9 Å². The third-order valence-corrected chi connectivity index (χ3v) is 5.78. The second-order valence-corrected chi connectivity index (χ2v) is 7.52. The quantitative estimate of drug-likeness (QED) is 0.702. The Balaban J connectivity index is 1.45. The Morgan fingerprint density at radius 1 is 1.31 bits per heavy atom. The number of carbonyl (C=O) groups is 1. The van der Waals surface area contributed by atoms with Crippen molar-refractivity contribution in [3.63, 3.8) is 0 Å². The molecule has 3 heterocycles.